The average Bonchev–Trinajstić information content (AvgIpc) is 2.33. The van der Waals surface area contributed by atoms with Crippen molar-refractivity contribution in [2.45, 2.75) is 24.6 Å². The monoisotopic (exact) mass is 336 g/mol. The molecule has 0 aliphatic carbocycles. The van der Waals surface area contributed by atoms with Gasteiger partial charge in [0.05, 0.1) is 13.2 Å². The van der Waals surface area contributed by atoms with Crippen molar-refractivity contribution >= 4 is 32.9 Å². The number of hydrogen-bond acceptors (Lipinski definition) is 3. The molecule has 2 nitrogen and oxygen atoms in total. The number of benzene rings is 1. The Bertz CT molecular complexity index is 440. The number of amidine groups is 1. The maximum absolute atomic E-state index is 13.7. The summed E-state index contributed by atoms with van der Waals surface area (Å²) in [5, 5.41) is 0.920. The molecular formula is C12H15BrF2N2S. The van der Waals surface area contributed by atoms with Crippen molar-refractivity contribution < 1.29 is 8.78 Å². The maximum Gasteiger partial charge on any atom is 0.154 e. The van der Waals surface area contributed by atoms with Gasteiger partial charge in [0.15, 0.2) is 5.17 Å². The molecule has 0 aromatic heterocycles. The Labute approximate surface area is 118 Å². The van der Waals surface area contributed by atoms with E-state index >= 15 is 0 Å². The molecule has 100 valence electrons. The zero-order chi connectivity index (χ0) is 13.7. The molecule has 0 fully saturated rings. The lowest BCUT2D eigenvalue weighted by Crippen LogP contribution is -2.21. The first kappa shape index (κ1) is 15.4. The summed E-state index contributed by atoms with van der Waals surface area (Å²) in [6, 6.07) is 4.76. The highest BCUT2D eigenvalue weighted by molar-refractivity contribution is 9.10. The van der Waals surface area contributed by atoms with Crippen LogP contribution in [-0.4, -0.2) is 17.6 Å². The van der Waals surface area contributed by atoms with Gasteiger partial charge in [-0.3, -0.25) is 9.38 Å². The summed E-state index contributed by atoms with van der Waals surface area (Å²) in [6.07, 6.45) is 0.818. The lowest BCUT2D eigenvalue weighted by molar-refractivity contribution is 0.562. The van der Waals surface area contributed by atoms with E-state index in [2.05, 4.69) is 27.8 Å². The Kier molecular flexibility index (Phi) is 6.08. The van der Waals surface area contributed by atoms with Crippen LogP contribution >= 0.6 is 27.7 Å². The number of thioether (sulfide) groups is 1. The van der Waals surface area contributed by atoms with E-state index < -0.39 is 0 Å². The predicted octanol–water partition coefficient (Wildman–Crippen LogP) is 4.06. The molecule has 6 heteroatoms. The van der Waals surface area contributed by atoms with E-state index in [4.69, 9.17) is 5.73 Å². The van der Waals surface area contributed by atoms with Crippen LogP contribution in [0.15, 0.2) is 27.7 Å². The second-order valence-electron chi connectivity index (χ2n) is 3.81. The van der Waals surface area contributed by atoms with Gasteiger partial charge in [-0.1, -0.05) is 34.6 Å². The Morgan fingerprint density at radius 1 is 1.44 bits per heavy atom. The Morgan fingerprint density at radius 2 is 2.11 bits per heavy atom. The fourth-order valence-corrected chi connectivity index (χ4v) is 3.03. The Morgan fingerprint density at radius 3 is 2.72 bits per heavy atom. The summed E-state index contributed by atoms with van der Waals surface area (Å²) in [6.45, 7) is 2.08. The first-order valence-corrected chi connectivity index (χ1v) is 7.06. The van der Waals surface area contributed by atoms with Crippen LogP contribution in [0.1, 0.15) is 24.9 Å². The highest BCUT2D eigenvalue weighted by Crippen LogP contribution is 2.35. The predicted molar refractivity (Wildman–Crippen MR) is 77.2 cm³/mol. The van der Waals surface area contributed by atoms with E-state index in [1.54, 1.807) is 23.9 Å². The molecule has 1 aromatic rings. The number of halogens is 3. The Balaban J connectivity index is 0.000000771. The molecule has 0 radical (unpaired) electrons. The van der Waals surface area contributed by atoms with Gasteiger partial charge in [-0.2, -0.15) is 0 Å². The normalized spacial score (nSPS) is 22.8. The van der Waals surface area contributed by atoms with Gasteiger partial charge >= 0.3 is 0 Å². The first-order chi connectivity index (χ1) is 8.56. The molecule has 0 saturated carbocycles. The van der Waals surface area contributed by atoms with E-state index in [9.17, 15) is 8.78 Å². The van der Waals surface area contributed by atoms with Gasteiger partial charge in [-0.25, -0.2) is 4.39 Å². The number of hydrogen-bond donors (Lipinski definition) is 1. The molecule has 1 aromatic carbocycles. The second kappa shape index (κ2) is 7.09. The molecule has 2 unspecified atom stereocenters. The lowest BCUT2D eigenvalue weighted by atomic mass is 10.0. The maximum atomic E-state index is 13.7. The topological polar surface area (TPSA) is 38.4 Å². The van der Waals surface area contributed by atoms with Crippen molar-refractivity contribution in [3.63, 3.8) is 0 Å². The average molecular weight is 337 g/mol. The molecule has 2 rings (SSSR count). The molecule has 2 N–H and O–H groups in total. The summed E-state index contributed by atoms with van der Waals surface area (Å²) in [4.78, 5) is 4.30. The summed E-state index contributed by atoms with van der Waals surface area (Å²) >= 11 is 4.88. The number of alkyl halides is 1. The minimum Gasteiger partial charge on any atom is -0.379 e. The van der Waals surface area contributed by atoms with Crippen LogP contribution in [0.2, 0.25) is 0 Å². The van der Waals surface area contributed by atoms with Crippen LogP contribution in [-0.2, 0) is 0 Å². The van der Waals surface area contributed by atoms with E-state index in [-0.39, 0.29) is 11.9 Å². The summed E-state index contributed by atoms with van der Waals surface area (Å²) in [5.41, 5.74) is 6.34. The smallest absolute Gasteiger partial charge is 0.154 e. The van der Waals surface area contributed by atoms with E-state index in [1.807, 2.05) is 0 Å². The van der Waals surface area contributed by atoms with Crippen LogP contribution in [0.4, 0.5) is 8.78 Å². The highest BCUT2D eigenvalue weighted by atomic mass is 79.9. The standard InChI is InChI=1S/C11H12BrFN2S.CH3F/c1-6-4-10(15-11(14)16-6)8-5-7(12)2-3-9(8)13;1-2/h2-3,5-6,10H,4H2,1H3,(H2,14,15);1H3. The van der Waals surface area contributed by atoms with E-state index in [0.29, 0.717) is 23.2 Å². The van der Waals surface area contributed by atoms with Gasteiger partial charge in [-0.15, -0.1) is 0 Å². The molecule has 1 aliphatic heterocycles. The van der Waals surface area contributed by atoms with E-state index in [0.717, 1.165) is 10.9 Å². The molecular weight excluding hydrogens is 322 g/mol. The number of aliphatic imine (C=N–C) groups is 1. The molecule has 18 heavy (non-hydrogen) atoms. The van der Waals surface area contributed by atoms with Crippen LogP contribution in [0, 0.1) is 5.82 Å². The largest absolute Gasteiger partial charge is 0.379 e. The van der Waals surface area contributed by atoms with Crippen LogP contribution in [0.5, 0.6) is 0 Å². The second-order valence-corrected chi connectivity index (χ2v) is 6.19. The van der Waals surface area contributed by atoms with Crippen molar-refractivity contribution in [3.8, 4) is 0 Å². The van der Waals surface area contributed by atoms with Gasteiger partial charge in [0.1, 0.15) is 5.82 Å². The van der Waals surface area contributed by atoms with Crippen LogP contribution < -0.4 is 5.73 Å². The number of nitrogens with two attached hydrogens (primary N) is 1. The number of nitrogens with zero attached hydrogens (tertiary/aromatic N) is 1. The first-order valence-electron chi connectivity index (χ1n) is 5.39. The third-order valence-corrected chi connectivity index (χ3v) is 3.91. The van der Waals surface area contributed by atoms with E-state index in [1.165, 1.54) is 6.07 Å². The summed E-state index contributed by atoms with van der Waals surface area (Å²) in [5.74, 6) is -0.219. The minimum atomic E-state index is -0.219. The van der Waals surface area contributed by atoms with Gasteiger partial charge in [-0.05, 0) is 24.6 Å². The van der Waals surface area contributed by atoms with Gasteiger partial charge < -0.3 is 5.73 Å². The quantitative estimate of drug-likeness (QED) is 0.839. The van der Waals surface area contributed by atoms with Crippen molar-refractivity contribution in [2.24, 2.45) is 10.7 Å². The fraction of sp³-hybridized carbons (Fsp3) is 0.417. The molecule has 0 bridgehead atoms. The van der Waals surface area contributed by atoms with Crippen molar-refractivity contribution in [1.82, 2.24) is 0 Å². The third-order valence-electron chi connectivity index (χ3n) is 2.48. The zero-order valence-corrected chi connectivity index (χ0v) is 12.6. The molecule has 1 aliphatic rings. The van der Waals surface area contributed by atoms with Gasteiger partial charge in [0, 0.05) is 15.3 Å². The molecule has 0 spiro atoms. The highest BCUT2D eigenvalue weighted by Gasteiger charge is 2.23. The van der Waals surface area contributed by atoms with Crippen molar-refractivity contribution in [2.75, 3.05) is 7.18 Å². The SMILES string of the molecule is CC1CC(c2cc(Br)ccc2F)N=C(N)S1.CF. The lowest BCUT2D eigenvalue weighted by Gasteiger charge is -2.23. The molecule has 1 heterocycles. The summed E-state index contributed by atoms with van der Waals surface area (Å²) < 4.78 is 24.0. The van der Waals surface area contributed by atoms with Crippen LogP contribution in [0.3, 0.4) is 0 Å². The van der Waals surface area contributed by atoms with Gasteiger partial charge in [0.2, 0.25) is 0 Å². The molecule has 2 atom stereocenters. The minimum absolute atomic E-state index is 0.159. The third kappa shape index (κ3) is 3.95. The zero-order valence-electron chi connectivity index (χ0n) is 10.2. The molecule has 0 amide bonds. The molecule has 0 saturated heterocycles. The fourth-order valence-electron chi connectivity index (χ4n) is 1.77. The van der Waals surface area contributed by atoms with Gasteiger partial charge in [0.25, 0.3) is 0 Å². The summed E-state index contributed by atoms with van der Waals surface area (Å²) in [7, 11) is 0.500. The number of rotatable bonds is 1. The van der Waals surface area contributed by atoms with Crippen LogP contribution in [0.25, 0.3) is 0 Å². The van der Waals surface area contributed by atoms with Crippen molar-refractivity contribution in [1.29, 1.82) is 0 Å². The van der Waals surface area contributed by atoms with Crippen molar-refractivity contribution in [3.05, 3.63) is 34.1 Å². The Hall–Kier alpha value is -0.620.